The molecular weight excluding hydrogens is 304 g/mol. The Morgan fingerprint density at radius 3 is 1.50 bits per heavy atom. The molecule has 0 aromatic rings. The Hall–Kier alpha value is -1.84. The number of carbonyl (C=O) groups is 2. The van der Waals surface area contributed by atoms with Gasteiger partial charge in [0.05, 0.1) is 10.8 Å². The third-order valence-electron chi connectivity index (χ3n) is 5.36. The molecule has 0 aromatic heterocycles. The molecule has 0 spiro atoms. The van der Waals surface area contributed by atoms with Crippen LogP contribution in [-0.2, 0) is 9.59 Å². The van der Waals surface area contributed by atoms with Gasteiger partial charge in [-0.2, -0.15) is 0 Å². The first-order chi connectivity index (χ1) is 11.5. The Morgan fingerprint density at radius 1 is 0.833 bits per heavy atom. The lowest BCUT2D eigenvalue weighted by molar-refractivity contribution is -0.177. The summed E-state index contributed by atoms with van der Waals surface area (Å²) in [6, 6.07) is 0. The van der Waals surface area contributed by atoms with Gasteiger partial charge < -0.3 is 10.2 Å². The molecule has 134 valence electrons. The highest BCUT2D eigenvalue weighted by Crippen LogP contribution is 2.55. The molecule has 1 rings (SSSR count). The lowest BCUT2D eigenvalue weighted by Crippen LogP contribution is -2.53. The lowest BCUT2D eigenvalue weighted by atomic mass is 9.54. The van der Waals surface area contributed by atoms with E-state index in [0.717, 1.165) is 25.7 Å². The van der Waals surface area contributed by atoms with Crippen LogP contribution in [0.25, 0.3) is 0 Å². The maximum absolute atomic E-state index is 12.2. The van der Waals surface area contributed by atoms with Gasteiger partial charge >= 0.3 is 11.9 Å². The monoisotopic (exact) mass is 334 g/mol. The summed E-state index contributed by atoms with van der Waals surface area (Å²) in [5, 5.41) is 20.0. The zero-order valence-corrected chi connectivity index (χ0v) is 14.5. The van der Waals surface area contributed by atoms with Gasteiger partial charge in [0.1, 0.15) is 0 Å². The zero-order valence-electron chi connectivity index (χ0n) is 14.5. The van der Waals surface area contributed by atoms with Crippen molar-refractivity contribution in [2.45, 2.75) is 64.2 Å². The van der Waals surface area contributed by atoms with Crippen molar-refractivity contribution in [3.8, 4) is 0 Å². The van der Waals surface area contributed by atoms with Crippen LogP contribution in [0.4, 0.5) is 0 Å². The highest BCUT2D eigenvalue weighted by Gasteiger charge is 2.60. The summed E-state index contributed by atoms with van der Waals surface area (Å²) in [7, 11) is 0. The molecule has 0 aliphatic heterocycles. The second-order valence-electron chi connectivity index (χ2n) is 6.72. The third kappa shape index (κ3) is 4.16. The summed E-state index contributed by atoms with van der Waals surface area (Å²) < 4.78 is 0. The highest BCUT2D eigenvalue weighted by atomic mass is 16.4. The molecule has 2 N–H and O–H groups in total. The fourth-order valence-corrected chi connectivity index (χ4v) is 3.87. The van der Waals surface area contributed by atoms with Crippen LogP contribution in [-0.4, -0.2) is 22.2 Å². The average Bonchev–Trinajstić information content (AvgIpc) is 2.56. The normalized spacial score (nSPS) is 26.0. The second-order valence-corrected chi connectivity index (χ2v) is 6.72. The lowest BCUT2D eigenvalue weighted by Gasteiger charge is -2.47. The number of rotatable bonds is 12. The smallest absolute Gasteiger partial charge is 0.311 e. The second kappa shape index (κ2) is 9.45. The minimum Gasteiger partial charge on any atom is -0.481 e. The number of hydrogen-bond donors (Lipinski definition) is 2. The Morgan fingerprint density at radius 2 is 1.21 bits per heavy atom. The molecule has 0 saturated carbocycles. The van der Waals surface area contributed by atoms with Gasteiger partial charge in [0.2, 0.25) is 0 Å². The minimum atomic E-state index is -1.22. The molecule has 2 atom stereocenters. The molecule has 0 heterocycles. The van der Waals surface area contributed by atoms with Crippen molar-refractivity contribution in [3.05, 3.63) is 37.5 Å². The highest BCUT2D eigenvalue weighted by molar-refractivity contribution is 5.87. The van der Waals surface area contributed by atoms with Crippen LogP contribution in [0.5, 0.6) is 0 Å². The summed E-state index contributed by atoms with van der Waals surface area (Å²) in [5.74, 6) is -1.95. The topological polar surface area (TPSA) is 74.6 Å². The standard InChI is InChI=1S/C20H30O4/c1-3-5-7-9-13-19(17(21)22)15-11-12-16-20(19,18(23)24)14-10-8-6-4-2/h3-4,11-12H,1-2,5-10,13-16H2,(H,21,22)(H,23,24). The van der Waals surface area contributed by atoms with Crippen LogP contribution in [0.2, 0.25) is 0 Å². The molecular formula is C20H30O4. The van der Waals surface area contributed by atoms with E-state index in [9.17, 15) is 19.8 Å². The average molecular weight is 334 g/mol. The third-order valence-corrected chi connectivity index (χ3v) is 5.36. The number of carboxylic acid groups (broad SMARTS) is 2. The minimum absolute atomic E-state index is 0.296. The van der Waals surface area contributed by atoms with E-state index in [-0.39, 0.29) is 0 Å². The van der Waals surface area contributed by atoms with Crippen molar-refractivity contribution in [3.63, 3.8) is 0 Å². The maximum Gasteiger partial charge on any atom is 0.311 e. The van der Waals surface area contributed by atoms with Gasteiger partial charge in [0.15, 0.2) is 0 Å². The number of aliphatic carboxylic acids is 2. The molecule has 0 fully saturated rings. The summed E-state index contributed by atoms with van der Waals surface area (Å²) in [5.41, 5.74) is -2.44. The van der Waals surface area contributed by atoms with Gasteiger partial charge in [-0.1, -0.05) is 37.1 Å². The maximum atomic E-state index is 12.2. The van der Waals surface area contributed by atoms with Crippen LogP contribution in [0.15, 0.2) is 37.5 Å². The summed E-state index contributed by atoms with van der Waals surface area (Å²) >= 11 is 0. The van der Waals surface area contributed by atoms with E-state index in [1.165, 1.54) is 0 Å². The molecule has 0 saturated heterocycles. The number of unbranched alkanes of at least 4 members (excludes halogenated alkanes) is 4. The van der Waals surface area contributed by atoms with Crippen molar-refractivity contribution in [1.82, 2.24) is 0 Å². The van der Waals surface area contributed by atoms with E-state index in [1.54, 1.807) is 0 Å². The molecule has 0 aromatic carbocycles. The first-order valence-corrected chi connectivity index (χ1v) is 8.80. The molecule has 1 aliphatic rings. The van der Waals surface area contributed by atoms with E-state index >= 15 is 0 Å². The van der Waals surface area contributed by atoms with Crippen LogP contribution >= 0.6 is 0 Å². The van der Waals surface area contributed by atoms with Crippen LogP contribution in [0.1, 0.15) is 64.2 Å². The van der Waals surface area contributed by atoms with Crippen molar-refractivity contribution in [1.29, 1.82) is 0 Å². The van der Waals surface area contributed by atoms with Crippen molar-refractivity contribution < 1.29 is 19.8 Å². The van der Waals surface area contributed by atoms with Crippen molar-refractivity contribution >= 4 is 11.9 Å². The molecule has 24 heavy (non-hydrogen) atoms. The molecule has 1 aliphatic carbocycles. The largest absolute Gasteiger partial charge is 0.481 e. The van der Waals surface area contributed by atoms with Gasteiger partial charge in [0.25, 0.3) is 0 Å². The number of carboxylic acids is 2. The predicted molar refractivity (Wildman–Crippen MR) is 95.8 cm³/mol. The summed E-state index contributed by atoms with van der Waals surface area (Å²) in [6.07, 6.45) is 13.4. The quantitative estimate of drug-likeness (QED) is 0.390. The Kier molecular flexibility index (Phi) is 7.96. The Balaban J connectivity index is 3.09. The number of hydrogen-bond acceptors (Lipinski definition) is 2. The Labute approximate surface area is 145 Å². The van der Waals surface area contributed by atoms with Crippen molar-refractivity contribution in [2.75, 3.05) is 0 Å². The van der Waals surface area contributed by atoms with Crippen LogP contribution < -0.4 is 0 Å². The SMILES string of the molecule is C=CCCCCC1(C(=O)O)CC=CCC1(CCCCC=C)C(=O)O. The zero-order chi connectivity index (χ0) is 18.1. The molecule has 4 nitrogen and oxygen atoms in total. The first-order valence-electron chi connectivity index (χ1n) is 8.80. The summed E-state index contributed by atoms with van der Waals surface area (Å²) in [6.45, 7) is 7.37. The molecule has 0 amide bonds. The fourth-order valence-electron chi connectivity index (χ4n) is 3.87. The van der Waals surface area contributed by atoms with Gasteiger partial charge in [-0.25, -0.2) is 0 Å². The summed E-state index contributed by atoms with van der Waals surface area (Å²) in [4.78, 5) is 24.4. The van der Waals surface area contributed by atoms with E-state index < -0.39 is 22.8 Å². The van der Waals surface area contributed by atoms with Gasteiger partial charge in [-0.15, -0.1) is 13.2 Å². The Bertz CT molecular complexity index is 450. The number of allylic oxidation sites excluding steroid dienone is 4. The van der Waals surface area contributed by atoms with Crippen LogP contribution in [0, 0.1) is 10.8 Å². The predicted octanol–water partition coefficient (Wildman–Crippen LogP) is 4.97. The molecule has 2 unspecified atom stereocenters. The van der Waals surface area contributed by atoms with E-state index in [4.69, 9.17) is 0 Å². The molecule has 4 heteroatoms. The van der Waals surface area contributed by atoms with E-state index in [0.29, 0.717) is 38.5 Å². The first kappa shape index (κ1) is 20.2. The van der Waals surface area contributed by atoms with E-state index in [1.807, 2.05) is 24.3 Å². The molecule has 0 radical (unpaired) electrons. The van der Waals surface area contributed by atoms with Gasteiger partial charge in [-0.3, -0.25) is 9.59 Å². The molecule has 0 bridgehead atoms. The van der Waals surface area contributed by atoms with Crippen molar-refractivity contribution in [2.24, 2.45) is 10.8 Å². The van der Waals surface area contributed by atoms with Gasteiger partial charge in [-0.05, 0) is 51.4 Å². The fraction of sp³-hybridized carbons (Fsp3) is 0.600. The van der Waals surface area contributed by atoms with Crippen LogP contribution in [0.3, 0.4) is 0 Å². The van der Waals surface area contributed by atoms with Gasteiger partial charge in [0, 0.05) is 0 Å². The van der Waals surface area contributed by atoms with E-state index in [2.05, 4.69) is 13.2 Å².